The minimum atomic E-state index is -4.89. The Morgan fingerprint density at radius 3 is 2.37 bits per heavy atom. The summed E-state index contributed by atoms with van der Waals surface area (Å²) in [4.78, 5) is 20.0. The quantitative estimate of drug-likeness (QED) is 0.674. The van der Waals surface area contributed by atoms with Crippen molar-refractivity contribution in [2.45, 2.75) is 6.18 Å². The van der Waals surface area contributed by atoms with E-state index in [1.807, 2.05) is 0 Å². The van der Waals surface area contributed by atoms with Gasteiger partial charge in [-0.25, -0.2) is 14.4 Å². The van der Waals surface area contributed by atoms with Gasteiger partial charge < -0.3 is 11.1 Å². The lowest BCUT2D eigenvalue weighted by molar-refractivity contribution is -0.140. The van der Waals surface area contributed by atoms with Crippen LogP contribution in [0.5, 0.6) is 0 Å². The molecule has 5 nitrogen and oxygen atoms in total. The number of hydrogen-bond acceptors (Lipinski definition) is 4. The molecule has 1 aromatic heterocycles. The Bertz CT molecular complexity index is 987. The Morgan fingerprint density at radius 1 is 1.04 bits per heavy atom. The van der Waals surface area contributed by atoms with Gasteiger partial charge in [-0.05, 0) is 30.3 Å². The molecule has 0 fully saturated rings. The predicted molar refractivity (Wildman–Crippen MR) is 91.2 cm³/mol. The maximum Gasteiger partial charge on any atom is 0.419 e. The van der Waals surface area contributed by atoms with Crippen LogP contribution >= 0.6 is 0 Å². The standard InChI is InChI=1S/C18H12F4N4O/c19-15-12(2-1-3-13(15)18(20,21)22)16(27)25-11-6-4-10(5-7-11)14-8-9-24-17(23)26-14/h1-9H,(H,25,27)(H2,23,24,26). The van der Waals surface area contributed by atoms with Gasteiger partial charge in [0.15, 0.2) is 0 Å². The highest BCUT2D eigenvalue weighted by Gasteiger charge is 2.35. The Kier molecular flexibility index (Phi) is 4.76. The molecule has 1 heterocycles. The number of rotatable bonds is 3. The zero-order valence-corrected chi connectivity index (χ0v) is 13.6. The van der Waals surface area contributed by atoms with Gasteiger partial charge in [-0.1, -0.05) is 18.2 Å². The summed E-state index contributed by atoms with van der Waals surface area (Å²) in [6.45, 7) is 0. The Labute approximate surface area is 150 Å². The summed E-state index contributed by atoms with van der Waals surface area (Å²) in [7, 11) is 0. The third-order valence-electron chi connectivity index (χ3n) is 3.66. The zero-order valence-electron chi connectivity index (χ0n) is 13.6. The van der Waals surface area contributed by atoms with E-state index in [9.17, 15) is 22.4 Å². The first-order valence-electron chi connectivity index (χ1n) is 7.62. The van der Waals surface area contributed by atoms with Crippen LogP contribution in [-0.4, -0.2) is 15.9 Å². The van der Waals surface area contributed by atoms with Crippen LogP contribution in [0.3, 0.4) is 0 Å². The summed E-state index contributed by atoms with van der Waals surface area (Å²) in [6, 6.07) is 10.4. The van der Waals surface area contributed by atoms with E-state index in [1.54, 1.807) is 18.2 Å². The second kappa shape index (κ2) is 7.02. The van der Waals surface area contributed by atoms with Crippen molar-refractivity contribution in [2.75, 3.05) is 11.1 Å². The summed E-state index contributed by atoms with van der Waals surface area (Å²) < 4.78 is 52.3. The highest BCUT2D eigenvalue weighted by Crippen LogP contribution is 2.32. The smallest absolute Gasteiger partial charge is 0.368 e. The van der Waals surface area contributed by atoms with E-state index in [1.165, 1.54) is 18.3 Å². The molecule has 27 heavy (non-hydrogen) atoms. The topological polar surface area (TPSA) is 80.9 Å². The Hall–Kier alpha value is -3.49. The molecule has 0 spiro atoms. The fourth-order valence-corrected chi connectivity index (χ4v) is 2.38. The van der Waals surface area contributed by atoms with Crippen molar-refractivity contribution in [3.05, 3.63) is 71.7 Å². The van der Waals surface area contributed by atoms with Crippen LogP contribution in [0.1, 0.15) is 15.9 Å². The van der Waals surface area contributed by atoms with Gasteiger partial charge in [0.1, 0.15) is 5.82 Å². The number of hydrogen-bond donors (Lipinski definition) is 2. The number of amides is 1. The number of nitrogens with two attached hydrogens (primary N) is 1. The summed E-state index contributed by atoms with van der Waals surface area (Å²) in [5.74, 6) is -2.50. The first-order valence-corrected chi connectivity index (χ1v) is 7.62. The van der Waals surface area contributed by atoms with Crippen LogP contribution in [0.25, 0.3) is 11.3 Å². The summed E-state index contributed by atoms with van der Waals surface area (Å²) >= 11 is 0. The first kappa shape index (κ1) is 18.3. The molecular weight excluding hydrogens is 364 g/mol. The van der Waals surface area contributed by atoms with Crippen LogP contribution < -0.4 is 11.1 Å². The van der Waals surface area contributed by atoms with Crippen LogP contribution in [0.4, 0.5) is 29.2 Å². The summed E-state index contributed by atoms with van der Waals surface area (Å²) in [5, 5.41) is 2.36. The van der Waals surface area contributed by atoms with Crippen molar-refractivity contribution in [3.63, 3.8) is 0 Å². The molecule has 3 aromatic rings. The van der Waals surface area contributed by atoms with Crippen LogP contribution in [0, 0.1) is 5.82 Å². The molecule has 3 N–H and O–H groups in total. The molecule has 0 atom stereocenters. The van der Waals surface area contributed by atoms with Gasteiger partial charge in [0.2, 0.25) is 5.95 Å². The normalized spacial score (nSPS) is 11.3. The number of carbonyl (C=O) groups excluding carboxylic acids is 1. The number of nitrogens with zero attached hydrogens (tertiary/aromatic N) is 2. The number of halogens is 4. The van der Waals surface area contributed by atoms with Crippen molar-refractivity contribution in [1.29, 1.82) is 0 Å². The van der Waals surface area contributed by atoms with E-state index in [2.05, 4.69) is 15.3 Å². The van der Waals surface area contributed by atoms with Gasteiger partial charge in [0.25, 0.3) is 5.91 Å². The first-order chi connectivity index (χ1) is 12.8. The number of anilines is 2. The van der Waals surface area contributed by atoms with E-state index in [0.29, 0.717) is 17.3 Å². The van der Waals surface area contributed by atoms with Crippen molar-refractivity contribution in [2.24, 2.45) is 0 Å². The second-order valence-electron chi connectivity index (χ2n) is 5.50. The number of benzene rings is 2. The molecule has 0 saturated carbocycles. The molecule has 0 unspecified atom stereocenters. The van der Waals surface area contributed by atoms with Gasteiger partial charge in [-0.15, -0.1) is 0 Å². The molecule has 9 heteroatoms. The number of alkyl halides is 3. The molecule has 0 bridgehead atoms. The molecule has 1 amide bonds. The molecule has 3 rings (SSSR count). The molecule has 0 aliphatic heterocycles. The lowest BCUT2D eigenvalue weighted by Gasteiger charge is -2.11. The molecule has 0 aliphatic rings. The number of carbonyl (C=O) groups is 1. The monoisotopic (exact) mass is 376 g/mol. The van der Waals surface area contributed by atoms with E-state index >= 15 is 0 Å². The number of aromatic nitrogens is 2. The molecule has 138 valence electrons. The fourth-order valence-electron chi connectivity index (χ4n) is 2.38. The maximum absolute atomic E-state index is 14.0. The lowest BCUT2D eigenvalue weighted by Crippen LogP contribution is -2.17. The largest absolute Gasteiger partial charge is 0.419 e. The summed E-state index contributed by atoms with van der Waals surface area (Å²) in [5.41, 5.74) is 4.85. The number of nitrogens with one attached hydrogen (secondary N) is 1. The minimum absolute atomic E-state index is 0.102. The third kappa shape index (κ3) is 4.02. The summed E-state index contributed by atoms with van der Waals surface area (Å²) in [6.07, 6.45) is -3.40. The second-order valence-corrected chi connectivity index (χ2v) is 5.50. The zero-order chi connectivity index (χ0) is 19.6. The Morgan fingerprint density at radius 2 is 1.74 bits per heavy atom. The number of nitrogen functional groups attached to an aromatic ring is 1. The molecule has 0 saturated heterocycles. The van der Waals surface area contributed by atoms with Gasteiger partial charge in [-0.2, -0.15) is 13.2 Å². The van der Waals surface area contributed by atoms with Gasteiger partial charge in [0, 0.05) is 17.4 Å². The third-order valence-corrected chi connectivity index (χ3v) is 3.66. The minimum Gasteiger partial charge on any atom is -0.368 e. The molecular formula is C18H12F4N4O. The average molecular weight is 376 g/mol. The van der Waals surface area contributed by atoms with Crippen molar-refractivity contribution in [3.8, 4) is 11.3 Å². The Balaban J connectivity index is 1.81. The maximum atomic E-state index is 14.0. The van der Waals surface area contributed by atoms with Gasteiger partial charge >= 0.3 is 6.18 Å². The van der Waals surface area contributed by atoms with Crippen molar-refractivity contribution < 1.29 is 22.4 Å². The van der Waals surface area contributed by atoms with E-state index in [0.717, 1.165) is 12.1 Å². The highest BCUT2D eigenvalue weighted by atomic mass is 19.4. The van der Waals surface area contributed by atoms with E-state index < -0.39 is 29.0 Å². The van der Waals surface area contributed by atoms with Crippen LogP contribution in [-0.2, 0) is 6.18 Å². The van der Waals surface area contributed by atoms with Crippen LogP contribution in [0.15, 0.2) is 54.7 Å². The average Bonchev–Trinajstić information content (AvgIpc) is 2.61. The molecule has 0 radical (unpaired) electrons. The SMILES string of the molecule is Nc1nccc(-c2ccc(NC(=O)c3cccc(C(F)(F)F)c3F)cc2)n1. The molecule has 2 aromatic carbocycles. The van der Waals surface area contributed by atoms with Gasteiger partial charge in [-0.3, -0.25) is 4.79 Å². The van der Waals surface area contributed by atoms with E-state index in [4.69, 9.17) is 5.73 Å². The van der Waals surface area contributed by atoms with Crippen molar-refractivity contribution >= 4 is 17.5 Å². The van der Waals surface area contributed by atoms with Crippen molar-refractivity contribution in [1.82, 2.24) is 9.97 Å². The van der Waals surface area contributed by atoms with Crippen LogP contribution in [0.2, 0.25) is 0 Å². The highest BCUT2D eigenvalue weighted by molar-refractivity contribution is 6.04. The van der Waals surface area contributed by atoms with E-state index in [-0.39, 0.29) is 11.6 Å². The van der Waals surface area contributed by atoms with Gasteiger partial charge in [0.05, 0.1) is 16.8 Å². The lowest BCUT2D eigenvalue weighted by atomic mass is 10.1. The molecule has 0 aliphatic carbocycles. The predicted octanol–water partition coefficient (Wildman–Crippen LogP) is 4.14. The fraction of sp³-hybridized carbons (Fsp3) is 0.0556.